The molecule has 2 N–H and O–H groups in total. The van der Waals surface area contributed by atoms with Crippen molar-refractivity contribution in [3.8, 4) is 0 Å². The first-order valence-electron chi connectivity index (χ1n) is 2.00. The molecule has 0 aliphatic carbocycles. The van der Waals surface area contributed by atoms with Gasteiger partial charge in [0.15, 0.2) is 0 Å². The Labute approximate surface area is 57.5 Å². The molecule has 1 heterocycles. The minimum absolute atomic E-state index is 0. The van der Waals surface area contributed by atoms with Gasteiger partial charge in [0.2, 0.25) is 0 Å². The van der Waals surface area contributed by atoms with Crippen molar-refractivity contribution >= 4 is 18.3 Å². The lowest BCUT2D eigenvalue weighted by atomic mass is 10.6. The first-order chi connectivity index (χ1) is 3.80. The summed E-state index contributed by atoms with van der Waals surface area (Å²) in [5.74, 6) is -0.694. The summed E-state index contributed by atoms with van der Waals surface area (Å²) in [5.41, 5.74) is 4.76. The normalized spacial score (nSPS) is 8.00. The molecule has 50 valence electrons. The van der Waals surface area contributed by atoms with Gasteiger partial charge in [-0.15, -0.1) is 12.4 Å². The van der Waals surface area contributed by atoms with Crippen LogP contribution in [0.2, 0.25) is 0 Å². The van der Waals surface area contributed by atoms with Crippen molar-refractivity contribution < 1.29 is 9.21 Å². The van der Waals surface area contributed by atoms with Gasteiger partial charge < -0.3 is 10.2 Å². The average Bonchev–Trinajstić information content (AvgIpc) is 2.12. The third kappa shape index (κ3) is 1.73. The maximum atomic E-state index is 10.1. The second-order valence-corrected chi connectivity index (χ2v) is 1.20. The van der Waals surface area contributed by atoms with Gasteiger partial charge in [0.1, 0.15) is 6.26 Å². The van der Waals surface area contributed by atoms with E-state index in [1.54, 1.807) is 0 Å². The van der Waals surface area contributed by atoms with E-state index in [0.29, 0.717) is 0 Å². The number of hydrogen-bond donors (Lipinski definition) is 1. The molecule has 0 aromatic carbocycles. The van der Waals surface area contributed by atoms with E-state index in [4.69, 9.17) is 5.73 Å². The van der Waals surface area contributed by atoms with Crippen molar-refractivity contribution in [2.24, 2.45) is 5.73 Å². The van der Waals surface area contributed by atoms with E-state index < -0.39 is 5.91 Å². The van der Waals surface area contributed by atoms with Crippen LogP contribution in [0.15, 0.2) is 16.9 Å². The van der Waals surface area contributed by atoms with Gasteiger partial charge in [-0.05, 0) is 0 Å². The average molecular weight is 149 g/mol. The van der Waals surface area contributed by atoms with Crippen LogP contribution in [0, 0.1) is 0 Å². The number of primary amides is 1. The lowest BCUT2D eigenvalue weighted by molar-refractivity contribution is 0.0967. The Morgan fingerprint density at radius 2 is 2.44 bits per heavy atom. The summed E-state index contributed by atoms with van der Waals surface area (Å²) in [7, 11) is 0. The molecule has 9 heavy (non-hydrogen) atoms. The number of oxazole rings is 1. The van der Waals surface area contributed by atoms with E-state index in [1.807, 2.05) is 0 Å². The first kappa shape index (κ1) is 7.97. The maximum Gasteiger partial charge on any atom is 0.304 e. The quantitative estimate of drug-likeness (QED) is 0.618. The van der Waals surface area contributed by atoms with Crippen molar-refractivity contribution in [3.05, 3.63) is 18.4 Å². The van der Waals surface area contributed by atoms with Crippen LogP contribution in [0.25, 0.3) is 0 Å². The minimum Gasteiger partial charge on any atom is -0.441 e. The highest BCUT2D eigenvalue weighted by Crippen LogP contribution is 1.89. The zero-order valence-corrected chi connectivity index (χ0v) is 5.22. The van der Waals surface area contributed by atoms with Crippen molar-refractivity contribution in [1.29, 1.82) is 0 Å². The first-order valence-corrected chi connectivity index (χ1v) is 2.00. The van der Waals surface area contributed by atoms with E-state index in [1.165, 1.54) is 12.5 Å². The Morgan fingerprint density at radius 3 is 2.67 bits per heavy atom. The van der Waals surface area contributed by atoms with E-state index in [0.717, 1.165) is 0 Å². The number of nitrogens with zero attached hydrogens (tertiary/aromatic N) is 1. The fraction of sp³-hybridized carbons (Fsp3) is 0. The van der Waals surface area contributed by atoms with Crippen LogP contribution >= 0.6 is 12.4 Å². The topological polar surface area (TPSA) is 69.1 Å². The maximum absolute atomic E-state index is 10.1. The van der Waals surface area contributed by atoms with Crippen LogP contribution in [0.4, 0.5) is 0 Å². The lowest BCUT2D eigenvalue weighted by Gasteiger charge is -1.78. The second-order valence-electron chi connectivity index (χ2n) is 1.20. The van der Waals surface area contributed by atoms with Gasteiger partial charge in [0, 0.05) is 0 Å². The Kier molecular flexibility index (Phi) is 2.73. The molecule has 0 unspecified atom stereocenters. The van der Waals surface area contributed by atoms with Gasteiger partial charge in [-0.1, -0.05) is 0 Å². The van der Waals surface area contributed by atoms with Gasteiger partial charge >= 0.3 is 5.91 Å². The molecule has 1 aromatic heterocycles. The zero-order chi connectivity index (χ0) is 5.98. The van der Waals surface area contributed by atoms with Crippen LogP contribution in [-0.4, -0.2) is 10.9 Å². The summed E-state index contributed by atoms with van der Waals surface area (Å²) in [5, 5.41) is 0. The van der Waals surface area contributed by atoms with Crippen molar-refractivity contribution in [2.45, 2.75) is 0 Å². The molecule has 1 rings (SSSR count). The standard InChI is InChI=1S/C4H4N2O2.ClH/c5-3(7)4-6-1-2-8-4;/h1-2H,(H2,5,7);1H. The number of nitrogens with two attached hydrogens (primary N) is 1. The molecule has 0 bridgehead atoms. The van der Waals surface area contributed by atoms with Gasteiger partial charge in [-0.3, -0.25) is 4.79 Å². The number of hydrogen-bond acceptors (Lipinski definition) is 3. The van der Waals surface area contributed by atoms with Gasteiger partial charge in [0.05, 0.1) is 6.20 Å². The monoisotopic (exact) mass is 148 g/mol. The molecule has 0 radical (unpaired) electrons. The van der Waals surface area contributed by atoms with E-state index in [2.05, 4.69) is 9.40 Å². The van der Waals surface area contributed by atoms with E-state index in [9.17, 15) is 4.79 Å². The van der Waals surface area contributed by atoms with Gasteiger partial charge in [-0.2, -0.15) is 0 Å². The number of carbonyl (C=O) groups is 1. The third-order valence-electron chi connectivity index (χ3n) is 0.643. The molecule has 4 nitrogen and oxygen atoms in total. The lowest BCUT2D eigenvalue weighted by Crippen LogP contribution is -2.10. The molecule has 0 fully saturated rings. The summed E-state index contributed by atoms with van der Waals surface area (Å²) in [4.78, 5) is 13.6. The SMILES string of the molecule is Cl.NC(=O)c1ncco1. The highest BCUT2D eigenvalue weighted by molar-refractivity contribution is 5.87. The van der Waals surface area contributed by atoms with Crippen LogP contribution in [0.5, 0.6) is 0 Å². The Hall–Kier alpha value is -1.03. The van der Waals surface area contributed by atoms with E-state index in [-0.39, 0.29) is 18.3 Å². The molecule has 1 amide bonds. The largest absolute Gasteiger partial charge is 0.441 e. The predicted octanol–water partition coefficient (Wildman–Crippen LogP) is 0.195. The summed E-state index contributed by atoms with van der Waals surface area (Å²) < 4.78 is 4.51. The van der Waals surface area contributed by atoms with Gasteiger partial charge in [0.25, 0.3) is 5.89 Å². The molecule has 0 aliphatic rings. The van der Waals surface area contributed by atoms with Crippen LogP contribution < -0.4 is 5.73 Å². The van der Waals surface area contributed by atoms with Crippen LogP contribution in [0.3, 0.4) is 0 Å². The molecular weight excluding hydrogens is 144 g/mol. The number of carbonyl (C=O) groups excluding carboxylic acids is 1. The Balaban J connectivity index is 0.000000640. The molecule has 0 saturated carbocycles. The van der Waals surface area contributed by atoms with Crippen LogP contribution in [0.1, 0.15) is 10.7 Å². The number of amides is 1. The summed E-state index contributed by atoms with van der Waals surface area (Å²) >= 11 is 0. The number of rotatable bonds is 1. The Bertz CT molecular complexity index is 184. The van der Waals surface area contributed by atoms with Crippen molar-refractivity contribution in [2.75, 3.05) is 0 Å². The fourth-order valence-electron chi connectivity index (χ4n) is 0.345. The van der Waals surface area contributed by atoms with E-state index >= 15 is 0 Å². The minimum atomic E-state index is -0.644. The summed E-state index contributed by atoms with van der Waals surface area (Å²) in [6.45, 7) is 0. The van der Waals surface area contributed by atoms with Gasteiger partial charge in [-0.25, -0.2) is 4.98 Å². The smallest absolute Gasteiger partial charge is 0.304 e. The highest BCUT2D eigenvalue weighted by atomic mass is 35.5. The molecule has 0 saturated heterocycles. The van der Waals surface area contributed by atoms with Crippen molar-refractivity contribution in [1.82, 2.24) is 4.98 Å². The zero-order valence-electron chi connectivity index (χ0n) is 4.40. The number of halogens is 1. The van der Waals surface area contributed by atoms with Crippen molar-refractivity contribution in [3.63, 3.8) is 0 Å². The summed E-state index contributed by atoms with van der Waals surface area (Å²) in [6, 6.07) is 0. The Morgan fingerprint density at radius 1 is 1.78 bits per heavy atom. The predicted molar refractivity (Wildman–Crippen MR) is 32.3 cm³/mol. The number of aromatic nitrogens is 1. The molecular formula is C4H5ClN2O2. The molecule has 0 spiro atoms. The molecule has 5 heteroatoms. The third-order valence-corrected chi connectivity index (χ3v) is 0.643. The fourth-order valence-corrected chi connectivity index (χ4v) is 0.345. The van der Waals surface area contributed by atoms with Crippen LogP contribution in [-0.2, 0) is 0 Å². The summed E-state index contributed by atoms with van der Waals surface area (Å²) in [6.07, 6.45) is 2.65. The molecule has 0 atom stereocenters. The second kappa shape index (κ2) is 3.09. The highest BCUT2D eigenvalue weighted by Gasteiger charge is 2.01. The molecule has 1 aromatic rings. The molecule has 0 aliphatic heterocycles.